The van der Waals surface area contributed by atoms with E-state index in [-0.39, 0.29) is 17.8 Å². The Bertz CT molecular complexity index is 701. The van der Waals surface area contributed by atoms with Crippen molar-refractivity contribution in [2.24, 2.45) is 0 Å². The lowest BCUT2D eigenvalue weighted by molar-refractivity contribution is -0.0586. The molecule has 1 aliphatic carbocycles. The summed E-state index contributed by atoms with van der Waals surface area (Å²) in [6.45, 7) is 1.50. The fourth-order valence-electron chi connectivity index (χ4n) is 2.50. The molecule has 1 saturated carbocycles. The molecule has 0 spiro atoms. The van der Waals surface area contributed by atoms with Gasteiger partial charge in [0.25, 0.3) is 0 Å². The van der Waals surface area contributed by atoms with Crippen molar-refractivity contribution in [1.82, 2.24) is 9.55 Å². The maximum Gasteiger partial charge on any atom is 0.335 e. The van der Waals surface area contributed by atoms with Gasteiger partial charge in [0.2, 0.25) is 0 Å². The maximum absolute atomic E-state index is 11.3. The Kier molecular flexibility index (Phi) is 2.85. The van der Waals surface area contributed by atoms with Crippen molar-refractivity contribution in [2.75, 3.05) is 6.61 Å². The fraction of sp³-hybridized carbons (Fsp3) is 0.467. The summed E-state index contributed by atoms with van der Waals surface area (Å²) in [6, 6.07) is 3.23. The Labute approximate surface area is 121 Å². The molecule has 6 nitrogen and oxygen atoms in total. The minimum Gasteiger partial charge on any atom is -0.488 e. The largest absolute Gasteiger partial charge is 0.488 e. The molecule has 0 amide bonds. The lowest BCUT2D eigenvalue weighted by Gasteiger charge is -2.26. The number of benzene rings is 1. The molecule has 1 N–H and O–H groups in total. The monoisotopic (exact) mass is 288 g/mol. The topological polar surface area (TPSA) is 73.6 Å². The van der Waals surface area contributed by atoms with Crippen LogP contribution in [0.4, 0.5) is 0 Å². The minimum absolute atomic E-state index is 0.198. The first-order chi connectivity index (χ1) is 10.2. The highest BCUT2D eigenvalue weighted by Crippen LogP contribution is 2.33. The zero-order chi connectivity index (χ0) is 14.4. The number of rotatable bonds is 5. The van der Waals surface area contributed by atoms with Gasteiger partial charge < -0.3 is 19.1 Å². The third-order valence-corrected chi connectivity index (χ3v) is 3.95. The van der Waals surface area contributed by atoms with E-state index >= 15 is 0 Å². The Balaban J connectivity index is 1.76. The number of hydrogen-bond donors (Lipinski definition) is 1. The summed E-state index contributed by atoms with van der Waals surface area (Å²) in [7, 11) is 0. The molecule has 1 saturated heterocycles. The molecule has 1 unspecified atom stereocenters. The lowest BCUT2D eigenvalue weighted by Crippen LogP contribution is -2.30. The number of aromatic nitrogens is 2. The molecule has 1 aliphatic heterocycles. The second-order valence-corrected chi connectivity index (χ2v) is 5.64. The SMILES string of the molecule is O=C(O)c1cc(OC2CC2)c2ncn(CC3CCO3)c2c1. The first-order valence-corrected chi connectivity index (χ1v) is 7.21. The van der Waals surface area contributed by atoms with Crippen LogP contribution in [0.25, 0.3) is 11.0 Å². The molecular weight excluding hydrogens is 272 g/mol. The molecule has 110 valence electrons. The summed E-state index contributed by atoms with van der Waals surface area (Å²) in [4.78, 5) is 15.7. The van der Waals surface area contributed by atoms with E-state index in [0.29, 0.717) is 12.3 Å². The van der Waals surface area contributed by atoms with E-state index in [1.54, 1.807) is 18.5 Å². The summed E-state index contributed by atoms with van der Waals surface area (Å²) in [5.74, 6) is -0.383. The van der Waals surface area contributed by atoms with Crippen molar-refractivity contribution in [3.63, 3.8) is 0 Å². The molecular formula is C15H16N2O4. The van der Waals surface area contributed by atoms with E-state index in [1.165, 1.54) is 0 Å². The highest BCUT2D eigenvalue weighted by atomic mass is 16.5. The first-order valence-electron chi connectivity index (χ1n) is 7.21. The number of carboxylic acids is 1. The first kappa shape index (κ1) is 12.6. The fourth-order valence-corrected chi connectivity index (χ4v) is 2.50. The summed E-state index contributed by atoms with van der Waals surface area (Å²) >= 11 is 0. The van der Waals surface area contributed by atoms with E-state index < -0.39 is 5.97 Å². The molecule has 21 heavy (non-hydrogen) atoms. The molecule has 2 fully saturated rings. The number of nitrogens with zero attached hydrogens (tertiary/aromatic N) is 2. The van der Waals surface area contributed by atoms with Crippen LogP contribution in [-0.2, 0) is 11.3 Å². The molecule has 1 aromatic carbocycles. The van der Waals surface area contributed by atoms with Crippen LogP contribution in [-0.4, -0.2) is 39.4 Å². The zero-order valence-electron chi connectivity index (χ0n) is 11.5. The van der Waals surface area contributed by atoms with Gasteiger partial charge in [0.15, 0.2) is 0 Å². The van der Waals surface area contributed by atoms with Gasteiger partial charge in [-0.05, 0) is 31.4 Å². The van der Waals surface area contributed by atoms with Gasteiger partial charge in [-0.25, -0.2) is 9.78 Å². The molecule has 4 rings (SSSR count). The van der Waals surface area contributed by atoms with Crippen molar-refractivity contribution in [1.29, 1.82) is 0 Å². The standard InChI is InChI=1S/C15H16N2O4/c18-15(19)9-5-12-14(13(6-9)21-10-1-2-10)16-8-17(12)7-11-3-4-20-11/h5-6,8,10-11H,1-4,7H2,(H,18,19). The van der Waals surface area contributed by atoms with Gasteiger partial charge in [-0.3, -0.25) is 0 Å². The number of imidazole rings is 1. The van der Waals surface area contributed by atoms with Crippen LogP contribution >= 0.6 is 0 Å². The van der Waals surface area contributed by atoms with Crippen molar-refractivity contribution in [3.05, 3.63) is 24.0 Å². The summed E-state index contributed by atoms with van der Waals surface area (Å²) in [6.07, 6.45) is 5.22. The molecule has 1 aromatic heterocycles. The quantitative estimate of drug-likeness (QED) is 0.911. The zero-order valence-corrected chi connectivity index (χ0v) is 11.5. The van der Waals surface area contributed by atoms with Crippen molar-refractivity contribution < 1.29 is 19.4 Å². The average molecular weight is 288 g/mol. The smallest absolute Gasteiger partial charge is 0.335 e. The van der Waals surface area contributed by atoms with Crippen LogP contribution in [0.2, 0.25) is 0 Å². The van der Waals surface area contributed by atoms with Gasteiger partial charge in [-0.15, -0.1) is 0 Å². The van der Waals surface area contributed by atoms with Crippen LogP contribution in [0, 0.1) is 0 Å². The third kappa shape index (κ3) is 2.35. The molecule has 1 atom stereocenters. The number of ether oxygens (including phenoxy) is 2. The molecule has 6 heteroatoms. The molecule has 2 aliphatic rings. The van der Waals surface area contributed by atoms with Crippen LogP contribution in [0.5, 0.6) is 5.75 Å². The van der Waals surface area contributed by atoms with E-state index in [0.717, 1.165) is 36.9 Å². The van der Waals surface area contributed by atoms with E-state index in [4.69, 9.17) is 9.47 Å². The lowest BCUT2D eigenvalue weighted by atomic mass is 10.1. The average Bonchev–Trinajstić information content (AvgIpc) is 3.13. The maximum atomic E-state index is 11.3. The van der Waals surface area contributed by atoms with Crippen LogP contribution in [0.3, 0.4) is 0 Å². The number of aromatic carboxylic acids is 1. The molecule has 0 bridgehead atoms. The second-order valence-electron chi connectivity index (χ2n) is 5.64. The van der Waals surface area contributed by atoms with Crippen LogP contribution in [0.1, 0.15) is 29.6 Å². The van der Waals surface area contributed by atoms with E-state index in [2.05, 4.69) is 4.98 Å². The highest BCUT2D eigenvalue weighted by Gasteiger charge is 2.26. The highest BCUT2D eigenvalue weighted by molar-refractivity contribution is 5.95. The molecule has 2 heterocycles. The molecule has 2 aromatic rings. The van der Waals surface area contributed by atoms with Crippen molar-refractivity contribution in [2.45, 2.75) is 38.0 Å². The normalized spacial score (nSPS) is 21.2. The predicted octanol–water partition coefficient (Wildman–Crippen LogP) is 2.06. The van der Waals surface area contributed by atoms with Crippen LogP contribution in [0.15, 0.2) is 18.5 Å². The van der Waals surface area contributed by atoms with Crippen LogP contribution < -0.4 is 4.74 Å². The summed E-state index contributed by atoms with van der Waals surface area (Å²) in [5.41, 5.74) is 1.75. The van der Waals surface area contributed by atoms with E-state index in [9.17, 15) is 9.90 Å². The number of hydrogen-bond acceptors (Lipinski definition) is 4. The Morgan fingerprint density at radius 1 is 1.43 bits per heavy atom. The van der Waals surface area contributed by atoms with Crippen molar-refractivity contribution in [3.8, 4) is 5.75 Å². The summed E-state index contributed by atoms with van der Waals surface area (Å²) < 4.78 is 13.2. The second kappa shape index (κ2) is 4.73. The van der Waals surface area contributed by atoms with Crippen molar-refractivity contribution >= 4 is 17.0 Å². The number of carbonyl (C=O) groups is 1. The van der Waals surface area contributed by atoms with Gasteiger partial charge in [0.1, 0.15) is 11.3 Å². The number of fused-ring (bicyclic) bond motifs is 1. The Morgan fingerprint density at radius 3 is 2.86 bits per heavy atom. The number of carboxylic acid groups (broad SMARTS) is 1. The predicted molar refractivity (Wildman–Crippen MR) is 74.7 cm³/mol. The summed E-state index contributed by atoms with van der Waals surface area (Å²) in [5, 5.41) is 9.28. The van der Waals surface area contributed by atoms with Gasteiger partial charge in [-0.2, -0.15) is 0 Å². The van der Waals surface area contributed by atoms with E-state index in [1.807, 2.05) is 4.57 Å². The van der Waals surface area contributed by atoms with Gasteiger partial charge >= 0.3 is 5.97 Å². The van der Waals surface area contributed by atoms with Gasteiger partial charge in [0.05, 0.1) is 36.2 Å². The Morgan fingerprint density at radius 2 is 2.24 bits per heavy atom. The molecule has 0 radical (unpaired) electrons. The minimum atomic E-state index is -0.954. The van der Waals surface area contributed by atoms with Gasteiger partial charge in [0, 0.05) is 6.61 Å². The Hall–Kier alpha value is -2.08. The van der Waals surface area contributed by atoms with Gasteiger partial charge in [-0.1, -0.05) is 0 Å². The third-order valence-electron chi connectivity index (χ3n) is 3.95.